The van der Waals surface area contributed by atoms with Crippen molar-refractivity contribution in [2.75, 3.05) is 60.6 Å². The monoisotopic (exact) mass is 996 g/mol. The molecule has 3 aromatic heterocycles. The highest BCUT2D eigenvalue weighted by atomic mass is 35.5. The van der Waals surface area contributed by atoms with Gasteiger partial charge in [-0.3, -0.25) is 4.90 Å². The van der Waals surface area contributed by atoms with Crippen molar-refractivity contribution in [3.05, 3.63) is 161 Å². The highest BCUT2D eigenvalue weighted by molar-refractivity contribution is 7.22. The SMILES string of the molecule is COc1ccc(COC(O)[C@@H](Cc2ccccc2OCc2ccnc(-c3ccccc3OC)n2)Oc2ncnc3sc(-c4ccc(F)cc4)c(-c4ccc(OCCN5CCN(C)CC5)c(Cl)c4C)c23)cc1. The number of hydrogen-bond acceptors (Lipinski definition) is 14. The molecule has 71 heavy (non-hydrogen) atoms. The van der Waals surface area contributed by atoms with Crippen LogP contribution in [0.15, 0.2) is 128 Å². The number of piperazine rings is 1. The molecule has 0 saturated carbocycles. The molecule has 5 aromatic carbocycles. The van der Waals surface area contributed by atoms with E-state index < -0.39 is 12.4 Å². The summed E-state index contributed by atoms with van der Waals surface area (Å²) in [7, 11) is 5.36. The first-order valence-corrected chi connectivity index (χ1v) is 24.5. The van der Waals surface area contributed by atoms with Gasteiger partial charge in [-0.05, 0) is 96.4 Å². The number of benzene rings is 5. The summed E-state index contributed by atoms with van der Waals surface area (Å²) in [5.74, 6) is 2.84. The van der Waals surface area contributed by atoms with Gasteiger partial charge in [0.15, 0.2) is 18.2 Å². The molecule has 9 rings (SSSR count). The molecule has 1 unspecified atom stereocenters. The summed E-state index contributed by atoms with van der Waals surface area (Å²) in [6.07, 6.45) is 0.768. The second-order valence-electron chi connectivity index (χ2n) is 17.1. The minimum absolute atomic E-state index is 0.0739. The molecule has 1 fully saturated rings. The summed E-state index contributed by atoms with van der Waals surface area (Å²) in [6, 6.07) is 34.5. The number of hydrogen-bond donors (Lipinski definition) is 1. The fourth-order valence-electron chi connectivity index (χ4n) is 8.43. The van der Waals surface area contributed by atoms with Crippen molar-refractivity contribution >= 4 is 33.2 Å². The number of para-hydroxylation sites is 2. The van der Waals surface area contributed by atoms with Gasteiger partial charge in [0.25, 0.3) is 0 Å². The lowest BCUT2D eigenvalue weighted by Crippen LogP contribution is -2.45. The van der Waals surface area contributed by atoms with Gasteiger partial charge in [0.2, 0.25) is 5.88 Å². The third kappa shape index (κ3) is 11.7. The van der Waals surface area contributed by atoms with Gasteiger partial charge >= 0.3 is 0 Å². The maximum atomic E-state index is 14.4. The van der Waals surface area contributed by atoms with Crippen molar-refractivity contribution in [3.8, 4) is 61.8 Å². The molecule has 1 N–H and O–H groups in total. The number of likely N-dealkylation sites (N-methyl/N-ethyl adjacent to an activating group) is 1. The van der Waals surface area contributed by atoms with E-state index >= 15 is 0 Å². The van der Waals surface area contributed by atoms with Gasteiger partial charge in [0.1, 0.15) is 53.2 Å². The fraction of sp³-hybridized carbons (Fsp3) is 0.273. The Kier molecular flexibility index (Phi) is 16.0. The van der Waals surface area contributed by atoms with Crippen molar-refractivity contribution in [2.24, 2.45) is 0 Å². The molecule has 0 spiro atoms. The van der Waals surface area contributed by atoms with Crippen LogP contribution in [0.2, 0.25) is 5.02 Å². The van der Waals surface area contributed by atoms with E-state index in [9.17, 15) is 9.50 Å². The zero-order valence-corrected chi connectivity index (χ0v) is 41.5. The molecular weight excluding hydrogens is 943 g/mol. The van der Waals surface area contributed by atoms with Crippen LogP contribution >= 0.6 is 22.9 Å². The molecule has 366 valence electrons. The van der Waals surface area contributed by atoms with E-state index in [1.807, 2.05) is 91.9 Å². The second-order valence-corrected chi connectivity index (χ2v) is 18.5. The molecule has 0 bridgehead atoms. The maximum Gasteiger partial charge on any atom is 0.226 e. The van der Waals surface area contributed by atoms with Crippen LogP contribution in [0, 0.1) is 12.7 Å². The van der Waals surface area contributed by atoms with Crippen LogP contribution in [0.5, 0.6) is 28.9 Å². The van der Waals surface area contributed by atoms with Gasteiger partial charge in [0, 0.05) is 55.8 Å². The van der Waals surface area contributed by atoms with Crippen molar-refractivity contribution in [3.63, 3.8) is 0 Å². The molecule has 0 radical (unpaired) electrons. The Balaban J connectivity index is 1.05. The Bertz CT molecular complexity index is 3060. The number of rotatable bonds is 20. The number of aliphatic hydroxyl groups is 1. The quantitative estimate of drug-likeness (QED) is 0.0727. The largest absolute Gasteiger partial charge is 0.497 e. The average Bonchev–Trinajstić information content (AvgIpc) is 3.80. The van der Waals surface area contributed by atoms with Crippen molar-refractivity contribution < 1.29 is 37.9 Å². The Labute approximate surface area is 421 Å². The smallest absolute Gasteiger partial charge is 0.226 e. The van der Waals surface area contributed by atoms with Crippen LogP contribution in [-0.2, 0) is 24.4 Å². The van der Waals surface area contributed by atoms with Crippen molar-refractivity contribution in [1.82, 2.24) is 29.7 Å². The van der Waals surface area contributed by atoms with Gasteiger partial charge in [-0.2, -0.15) is 0 Å². The molecule has 1 aliphatic rings. The lowest BCUT2D eigenvalue weighted by atomic mass is 9.96. The van der Waals surface area contributed by atoms with E-state index in [-0.39, 0.29) is 31.3 Å². The normalized spacial score (nSPS) is 14.0. The molecule has 0 aliphatic carbocycles. The topological polar surface area (TPSA) is 134 Å². The number of halogens is 2. The second kappa shape index (κ2) is 23.0. The molecule has 13 nitrogen and oxygen atoms in total. The zero-order chi connectivity index (χ0) is 49.3. The number of aliphatic hydroxyl groups excluding tert-OH is 1. The number of aromatic nitrogens is 4. The van der Waals surface area contributed by atoms with Crippen molar-refractivity contribution in [1.29, 1.82) is 0 Å². The molecule has 4 heterocycles. The van der Waals surface area contributed by atoms with E-state index in [4.69, 9.17) is 55.0 Å². The first-order chi connectivity index (χ1) is 34.6. The number of methoxy groups -OCH3 is 2. The molecule has 1 saturated heterocycles. The summed E-state index contributed by atoms with van der Waals surface area (Å²) in [4.78, 5) is 24.9. The van der Waals surface area contributed by atoms with Gasteiger partial charge in [0.05, 0.1) is 42.5 Å². The summed E-state index contributed by atoms with van der Waals surface area (Å²) < 4.78 is 51.2. The molecule has 2 atom stereocenters. The molecule has 16 heteroatoms. The van der Waals surface area contributed by atoms with Crippen molar-refractivity contribution in [2.45, 2.75) is 39.0 Å². The maximum absolute atomic E-state index is 14.4. The highest BCUT2D eigenvalue weighted by Gasteiger charge is 2.30. The van der Waals surface area contributed by atoms with Gasteiger partial charge in [-0.25, -0.2) is 24.3 Å². The Hall–Kier alpha value is -6.72. The minimum Gasteiger partial charge on any atom is -0.497 e. The van der Waals surface area contributed by atoms with Gasteiger partial charge in [-0.1, -0.05) is 72.3 Å². The van der Waals surface area contributed by atoms with E-state index in [1.165, 1.54) is 29.8 Å². The Morgan fingerprint density at radius 1 is 0.775 bits per heavy atom. The summed E-state index contributed by atoms with van der Waals surface area (Å²) >= 11 is 8.60. The first-order valence-electron chi connectivity index (χ1n) is 23.3. The van der Waals surface area contributed by atoms with E-state index in [2.05, 4.69) is 21.8 Å². The lowest BCUT2D eigenvalue weighted by molar-refractivity contribution is -0.160. The highest BCUT2D eigenvalue weighted by Crippen LogP contribution is 2.49. The third-order valence-corrected chi connectivity index (χ3v) is 14.0. The van der Waals surface area contributed by atoms with Crippen LogP contribution in [0.25, 0.3) is 43.2 Å². The lowest BCUT2D eigenvalue weighted by Gasteiger charge is -2.32. The van der Waals surface area contributed by atoms with Crippen LogP contribution in [0.1, 0.15) is 22.4 Å². The summed E-state index contributed by atoms with van der Waals surface area (Å²) in [6.45, 7) is 7.43. The number of ether oxygens (including phenoxy) is 6. The van der Waals surface area contributed by atoms with E-state index in [0.29, 0.717) is 56.4 Å². The number of nitrogens with zero attached hydrogens (tertiary/aromatic N) is 6. The van der Waals surface area contributed by atoms with Crippen LogP contribution < -0.4 is 23.7 Å². The summed E-state index contributed by atoms with van der Waals surface area (Å²) in [5.41, 5.74) is 6.02. The van der Waals surface area contributed by atoms with Crippen LogP contribution in [0.3, 0.4) is 0 Å². The molecular formula is C55H54ClFN6O7S. The molecule has 0 amide bonds. The van der Waals surface area contributed by atoms with Crippen LogP contribution in [0.4, 0.5) is 4.39 Å². The number of fused-ring (bicyclic) bond motifs is 1. The first kappa shape index (κ1) is 49.3. The summed E-state index contributed by atoms with van der Waals surface area (Å²) in [5, 5.41) is 13.1. The van der Waals surface area contributed by atoms with E-state index in [1.54, 1.807) is 38.6 Å². The fourth-order valence-corrected chi connectivity index (χ4v) is 9.80. The van der Waals surface area contributed by atoms with Gasteiger partial charge in [-0.15, -0.1) is 11.3 Å². The van der Waals surface area contributed by atoms with Gasteiger partial charge < -0.3 is 38.4 Å². The number of thiophene rings is 1. The average molecular weight is 998 g/mol. The zero-order valence-electron chi connectivity index (χ0n) is 39.9. The predicted octanol–water partition coefficient (Wildman–Crippen LogP) is 10.3. The Morgan fingerprint density at radius 3 is 2.31 bits per heavy atom. The molecule has 1 aliphatic heterocycles. The standard InChI is InChI=1S/C55H54ClFN6O7S/c1-35-42(21-22-46(50(35)56)67-30-29-63-27-25-62(2)26-28-63)48-49-53(59-34-60-54(49)71-51(48)37-15-17-39(57)18-16-37)70-47(55(64)69-32-36-13-19-41(65-3)20-14-36)31-38-9-5-7-11-44(38)68-33-40-23-24-58-52(61-40)43-10-6-8-12-45(43)66-4/h5-24,34,47,55,64H,25-33H2,1-4H3/t47-,55?/m1/s1. The Morgan fingerprint density at radius 2 is 1.54 bits per heavy atom. The third-order valence-electron chi connectivity index (χ3n) is 12.4. The molecule has 8 aromatic rings. The van der Waals surface area contributed by atoms with E-state index in [0.717, 1.165) is 76.5 Å². The van der Waals surface area contributed by atoms with Crippen LogP contribution in [-0.4, -0.2) is 108 Å². The predicted molar refractivity (Wildman–Crippen MR) is 274 cm³/mol. The minimum atomic E-state index is -1.46.